The number of ketones is 5. The first kappa shape index (κ1) is 76.7. The summed E-state index contributed by atoms with van der Waals surface area (Å²) in [7, 11) is 0. The molecule has 0 unspecified atom stereocenters. The lowest BCUT2D eigenvalue weighted by Gasteiger charge is -2.28. The molecule has 87 heavy (non-hydrogen) atoms. The number of nitrogens with one attached hydrogen (secondary N) is 7. The molecule has 1 aliphatic rings. The van der Waals surface area contributed by atoms with Crippen molar-refractivity contribution in [3.63, 3.8) is 0 Å². The van der Waals surface area contributed by atoms with Crippen molar-refractivity contribution in [1.29, 1.82) is 0 Å². The molecule has 490 valence electrons. The standard InChI is InChI=1S/C61H102N12O14/c1-6-7-8-9-13-16-44(76)35-45(77)31-40(17-23-62)56(82)72-53(37(4)74)52(80)33-42(19-25-64)55(81)70-48-22-28-67-61(87)54(38(5)75)73-57(83)41(18-24-63)32-50(78)46(20-26-65)69-60(86)49(29-36(2)3)71-58(84)43(30-39-14-11-10-12-15-39)34-51(79)47(21-27-66)68-59(48)85/h10-12,14-15,36-38,40-43,46-49,53-54,74-75H,6-9,13,16-35,62-66H2,1-5H3,(H,67,87)(H,68,85)(H,69,86)(H,70,81)(H,71,84)(H,72,82)(H,73,83)/t37-,38-,40-,41-,42-,43+,46+,47+,48+,49+,53+,54+/m1/s1. The molecule has 26 nitrogen and oxygen atoms in total. The number of aliphatic hydroxyl groups excluding tert-OH is 2. The van der Waals surface area contributed by atoms with Crippen molar-refractivity contribution in [3.8, 4) is 0 Å². The molecule has 1 fully saturated rings. The smallest absolute Gasteiger partial charge is 0.245 e. The van der Waals surface area contributed by atoms with Gasteiger partial charge in [-0.25, -0.2) is 0 Å². The molecular weight excluding hydrogens is 1120 g/mol. The highest BCUT2D eigenvalue weighted by Crippen LogP contribution is 2.21. The molecule has 7 amide bonds. The number of unbranched alkanes of at least 4 members (excludes halogenated alkanes) is 4. The predicted molar refractivity (Wildman–Crippen MR) is 326 cm³/mol. The third-order valence-corrected chi connectivity index (χ3v) is 15.3. The van der Waals surface area contributed by atoms with Crippen molar-refractivity contribution < 1.29 is 67.7 Å². The van der Waals surface area contributed by atoms with Crippen LogP contribution in [0.15, 0.2) is 30.3 Å². The van der Waals surface area contributed by atoms with Gasteiger partial charge in [-0.2, -0.15) is 0 Å². The Hall–Kier alpha value is -6.42. The average Bonchev–Trinajstić information content (AvgIpc) is 3.58. The second kappa shape index (κ2) is 41.7. The van der Waals surface area contributed by atoms with Crippen LogP contribution in [0.25, 0.3) is 0 Å². The Bertz CT molecular complexity index is 2390. The van der Waals surface area contributed by atoms with E-state index in [0.717, 1.165) is 25.7 Å². The van der Waals surface area contributed by atoms with Crippen LogP contribution in [0.3, 0.4) is 0 Å². The fourth-order valence-corrected chi connectivity index (χ4v) is 10.4. The third-order valence-electron chi connectivity index (χ3n) is 15.3. The number of rotatable bonds is 33. The van der Waals surface area contributed by atoms with E-state index in [2.05, 4.69) is 44.1 Å². The summed E-state index contributed by atoms with van der Waals surface area (Å²) < 4.78 is 0. The van der Waals surface area contributed by atoms with E-state index in [1.165, 1.54) is 13.8 Å². The molecule has 0 aliphatic carbocycles. The van der Waals surface area contributed by atoms with Crippen LogP contribution in [0.1, 0.15) is 156 Å². The van der Waals surface area contributed by atoms with Crippen LogP contribution in [-0.2, 0) is 64.0 Å². The summed E-state index contributed by atoms with van der Waals surface area (Å²) in [5.41, 5.74) is 30.2. The largest absolute Gasteiger partial charge is 0.391 e. The van der Waals surface area contributed by atoms with E-state index in [9.17, 15) is 67.7 Å². The highest BCUT2D eigenvalue weighted by atomic mass is 16.3. The van der Waals surface area contributed by atoms with E-state index in [1.807, 2.05) is 13.8 Å². The first-order valence-corrected chi connectivity index (χ1v) is 31.0. The van der Waals surface area contributed by atoms with Crippen LogP contribution in [0.2, 0.25) is 0 Å². The Morgan fingerprint density at radius 2 is 1.16 bits per heavy atom. The number of amides is 7. The SMILES string of the molecule is CCCCCCCC(=O)CC(=O)C[C@@H](CCN)C(=O)N[C@H](C(=O)C[C@@H](CCN)C(=O)N[C@H]1CCNC(=O)[C@H]([C@@H](C)O)NC(=O)[C@H](CCN)CC(=O)[C@H](CCN)NC(=O)[C@H](CC(C)C)NC(=O)[C@@H](Cc2ccccc2)CC(=O)[C@H](CCN)NC1=O)[C@@H](C)O. The first-order valence-electron chi connectivity index (χ1n) is 31.0. The van der Waals surface area contributed by atoms with E-state index in [0.29, 0.717) is 12.0 Å². The number of nitrogens with two attached hydrogens (primary N) is 5. The molecule has 2 rings (SSSR count). The maximum Gasteiger partial charge on any atom is 0.245 e. The van der Waals surface area contributed by atoms with Gasteiger partial charge in [-0.1, -0.05) is 76.8 Å². The Balaban J connectivity index is 2.66. The number of carbonyl (C=O) groups excluding carboxylic acids is 12. The van der Waals surface area contributed by atoms with Crippen LogP contribution in [0, 0.1) is 29.6 Å². The third kappa shape index (κ3) is 28.5. The van der Waals surface area contributed by atoms with Gasteiger partial charge in [0.05, 0.1) is 30.7 Å². The molecule has 1 aromatic carbocycles. The number of benzene rings is 1. The van der Waals surface area contributed by atoms with E-state index < -0.39 is 169 Å². The normalized spacial score (nSPS) is 22.5. The summed E-state index contributed by atoms with van der Waals surface area (Å²) in [5, 5.41) is 40.0. The summed E-state index contributed by atoms with van der Waals surface area (Å²) >= 11 is 0. The molecule has 1 heterocycles. The van der Waals surface area contributed by atoms with Crippen molar-refractivity contribution in [2.24, 2.45) is 58.3 Å². The minimum atomic E-state index is -1.64. The minimum absolute atomic E-state index is 0.00123. The zero-order valence-corrected chi connectivity index (χ0v) is 51.8. The topological polar surface area (TPSA) is 460 Å². The van der Waals surface area contributed by atoms with Crippen LogP contribution in [0.4, 0.5) is 0 Å². The van der Waals surface area contributed by atoms with Gasteiger partial charge in [-0.3, -0.25) is 57.5 Å². The quantitative estimate of drug-likeness (QED) is 0.0291. The van der Waals surface area contributed by atoms with Crippen LogP contribution < -0.4 is 65.9 Å². The van der Waals surface area contributed by atoms with Gasteiger partial charge in [0, 0.05) is 62.3 Å². The van der Waals surface area contributed by atoms with Crippen molar-refractivity contribution >= 4 is 70.3 Å². The van der Waals surface area contributed by atoms with Crippen LogP contribution >= 0.6 is 0 Å². The number of hydrogen-bond donors (Lipinski definition) is 14. The fraction of sp³-hybridized carbons (Fsp3) is 0.705. The van der Waals surface area contributed by atoms with Crippen molar-refractivity contribution in [2.45, 2.75) is 205 Å². The summed E-state index contributed by atoms with van der Waals surface area (Å²) in [5.74, 6) is -13.6. The molecule has 0 spiro atoms. The summed E-state index contributed by atoms with van der Waals surface area (Å²) in [6.07, 6.45) is -1.40. The molecule has 0 saturated carbocycles. The van der Waals surface area contributed by atoms with Gasteiger partial charge in [0.25, 0.3) is 0 Å². The summed E-state index contributed by atoms with van der Waals surface area (Å²) in [6, 6.07) is 0.0321. The fourth-order valence-electron chi connectivity index (χ4n) is 10.4. The summed E-state index contributed by atoms with van der Waals surface area (Å²) in [6.45, 7) is 7.24. The van der Waals surface area contributed by atoms with Gasteiger partial charge in [-0.05, 0) is 116 Å². The minimum Gasteiger partial charge on any atom is -0.391 e. The number of aliphatic hydroxyl groups is 2. The molecule has 0 radical (unpaired) electrons. The maximum atomic E-state index is 14.6. The van der Waals surface area contributed by atoms with Gasteiger partial charge in [0.2, 0.25) is 41.4 Å². The maximum absolute atomic E-state index is 14.6. The Morgan fingerprint density at radius 1 is 0.609 bits per heavy atom. The van der Waals surface area contributed by atoms with Crippen molar-refractivity contribution in [2.75, 3.05) is 39.3 Å². The lowest BCUT2D eigenvalue weighted by Crippen LogP contribution is -2.56. The van der Waals surface area contributed by atoms with E-state index in [1.54, 1.807) is 30.3 Å². The monoisotopic (exact) mass is 1230 g/mol. The van der Waals surface area contributed by atoms with Gasteiger partial charge in [0.1, 0.15) is 35.7 Å². The Labute approximate surface area is 512 Å². The van der Waals surface area contributed by atoms with Gasteiger partial charge < -0.3 is 76.1 Å². The Kier molecular flexibility index (Phi) is 36.7. The van der Waals surface area contributed by atoms with E-state index >= 15 is 0 Å². The summed E-state index contributed by atoms with van der Waals surface area (Å²) in [4.78, 5) is 168. The van der Waals surface area contributed by atoms with Crippen molar-refractivity contribution in [1.82, 2.24) is 37.2 Å². The highest BCUT2D eigenvalue weighted by Gasteiger charge is 2.38. The lowest BCUT2D eigenvalue weighted by atomic mass is 9.89. The zero-order chi connectivity index (χ0) is 65.2. The lowest BCUT2D eigenvalue weighted by molar-refractivity contribution is -0.137. The second-order valence-electron chi connectivity index (χ2n) is 23.4. The Morgan fingerprint density at radius 3 is 1.71 bits per heavy atom. The molecule has 26 heteroatoms. The van der Waals surface area contributed by atoms with Gasteiger partial charge in [0.15, 0.2) is 17.3 Å². The average molecular weight is 1230 g/mol. The van der Waals surface area contributed by atoms with Gasteiger partial charge >= 0.3 is 0 Å². The second-order valence-corrected chi connectivity index (χ2v) is 23.4. The molecule has 1 saturated heterocycles. The highest BCUT2D eigenvalue weighted by molar-refractivity contribution is 6.02. The molecule has 19 N–H and O–H groups in total. The van der Waals surface area contributed by atoms with E-state index in [-0.39, 0.29) is 109 Å². The number of hydrogen-bond acceptors (Lipinski definition) is 19. The number of Topliss-reactive ketones (excluding diaryl/α,β-unsaturated/α-hetero) is 5. The molecule has 0 bridgehead atoms. The molecule has 12 atom stereocenters. The zero-order valence-electron chi connectivity index (χ0n) is 51.8. The van der Waals surface area contributed by atoms with Crippen molar-refractivity contribution in [3.05, 3.63) is 35.9 Å². The molecule has 1 aromatic rings. The first-order chi connectivity index (χ1) is 41.3. The molecule has 0 aromatic heterocycles. The predicted octanol–water partition coefficient (Wildman–Crippen LogP) is -1.17. The van der Waals surface area contributed by atoms with Crippen LogP contribution in [-0.4, -0.2) is 168 Å². The molecule has 1 aliphatic heterocycles. The van der Waals surface area contributed by atoms with Crippen LogP contribution in [0.5, 0.6) is 0 Å². The van der Waals surface area contributed by atoms with E-state index in [4.69, 9.17) is 28.7 Å². The number of carbonyl (C=O) groups is 12. The van der Waals surface area contributed by atoms with Gasteiger partial charge in [-0.15, -0.1) is 0 Å². The molecular formula is C61H102N12O14.